The molecule has 1 aliphatic carbocycles. The number of aryl methyl sites for hydroxylation is 1. The van der Waals surface area contributed by atoms with E-state index in [0.29, 0.717) is 11.7 Å². The lowest BCUT2D eigenvalue weighted by Crippen LogP contribution is -2.03. The number of rotatable bonds is 4. The molecular formula is C18H18O. The van der Waals surface area contributed by atoms with E-state index in [-0.39, 0.29) is 5.92 Å². The molecule has 1 nitrogen and oxygen atoms in total. The number of Topliss-reactive ketones (excluding diaryl/α,β-unsaturated/α-hetero) is 1. The van der Waals surface area contributed by atoms with E-state index in [9.17, 15) is 4.79 Å². The first-order valence-corrected chi connectivity index (χ1v) is 6.97. The molecule has 2 atom stereocenters. The maximum absolute atomic E-state index is 12.5. The summed E-state index contributed by atoms with van der Waals surface area (Å²) >= 11 is 0. The van der Waals surface area contributed by atoms with Gasteiger partial charge < -0.3 is 0 Å². The van der Waals surface area contributed by atoms with Crippen molar-refractivity contribution in [2.75, 3.05) is 0 Å². The minimum Gasteiger partial charge on any atom is -0.294 e. The molecule has 96 valence electrons. The summed E-state index contributed by atoms with van der Waals surface area (Å²) in [6.45, 7) is 2.12. The fourth-order valence-corrected chi connectivity index (χ4v) is 2.71. The van der Waals surface area contributed by atoms with E-state index in [1.165, 1.54) is 11.1 Å². The SMILES string of the molecule is CCc1cccc(C(=O)C2CC2c2ccccc2)c1. The molecule has 0 bridgehead atoms. The largest absolute Gasteiger partial charge is 0.294 e. The summed E-state index contributed by atoms with van der Waals surface area (Å²) in [6, 6.07) is 18.4. The Hall–Kier alpha value is -1.89. The number of hydrogen-bond acceptors (Lipinski definition) is 1. The van der Waals surface area contributed by atoms with Gasteiger partial charge in [-0.3, -0.25) is 4.79 Å². The average molecular weight is 250 g/mol. The minimum atomic E-state index is 0.189. The summed E-state index contributed by atoms with van der Waals surface area (Å²) in [6.07, 6.45) is 1.98. The molecule has 0 aliphatic heterocycles. The predicted molar refractivity (Wildman–Crippen MR) is 77.4 cm³/mol. The molecule has 1 heteroatoms. The number of benzene rings is 2. The minimum absolute atomic E-state index is 0.189. The van der Waals surface area contributed by atoms with Gasteiger partial charge in [0.25, 0.3) is 0 Å². The lowest BCUT2D eigenvalue weighted by molar-refractivity contribution is 0.0965. The zero-order chi connectivity index (χ0) is 13.2. The van der Waals surface area contributed by atoms with E-state index in [1.807, 2.05) is 36.4 Å². The van der Waals surface area contributed by atoms with Crippen LogP contribution in [0.2, 0.25) is 0 Å². The van der Waals surface area contributed by atoms with Crippen molar-refractivity contribution in [3.05, 3.63) is 71.3 Å². The summed E-state index contributed by atoms with van der Waals surface area (Å²) in [4.78, 5) is 12.5. The van der Waals surface area contributed by atoms with E-state index in [0.717, 1.165) is 18.4 Å². The lowest BCUT2D eigenvalue weighted by atomic mass is 10.0. The Morgan fingerprint density at radius 3 is 2.63 bits per heavy atom. The van der Waals surface area contributed by atoms with Gasteiger partial charge >= 0.3 is 0 Å². The van der Waals surface area contributed by atoms with Gasteiger partial charge in [-0.25, -0.2) is 0 Å². The molecule has 1 saturated carbocycles. The molecule has 2 unspecified atom stereocenters. The Kier molecular flexibility index (Phi) is 3.20. The molecule has 3 rings (SSSR count). The highest BCUT2D eigenvalue weighted by Crippen LogP contribution is 2.49. The molecule has 0 saturated heterocycles. The molecular weight excluding hydrogens is 232 g/mol. The highest BCUT2D eigenvalue weighted by atomic mass is 16.1. The molecule has 1 aliphatic rings. The van der Waals surface area contributed by atoms with Crippen molar-refractivity contribution in [1.82, 2.24) is 0 Å². The van der Waals surface area contributed by atoms with Crippen LogP contribution in [0, 0.1) is 5.92 Å². The van der Waals surface area contributed by atoms with Crippen molar-refractivity contribution < 1.29 is 4.79 Å². The van der Waals surface area contributed by atoms with E-state index < -0.39 is 0 Å². The van der Waals surface area contributed by atoms with Crippen molar-refractivity contribution in [1.29, 1.82) is 0 Å². The molecule has 0 amide bonds. The smallest absolute Gasteiger partial charge is 0.166 e. The zero-order valence-electron chi connectivity index (χ0n) is 11.2. The van der Waals surface area contributed by atoms with Gasteiger partial charge in [0.15, 0.2) is 5.78 Å². The highest BCUT2D eigenvalue weighted by molar-refractivity contribution is 6.00. The molecule has 0 radical (unpaired) electrons. The van der Waals surface area contributed by atoms with E-state index in [4.69, 9.17) is 0 Å². The van der Waals surface area contributed by atoms with Gasteiger partial charge in [0, 0.05) is 11.5 Å². The van der Waals surface area contributed by atoms with Crippen LogP contribution in [0.1, 0.15) is 40.7 Å². The number of hydrogen-bond donors (Lipinski definition) is 0. The monoisotopic (exact) mass is 250 g/mol. The van der Waals surface area contributed by atoms with Crippen molar-refractivity contribution in [3.8, 4) is 0 Å². The molecule has 0 spiro atoms. The van der Waals surface area contributed by atoms with Crippen LogP contribution in [0.5, 0.6) is 0 Å². The van der Waals surface area contributed by atoms with Crippen LogP contribution in [-0.4, -0.2) is 5.78 Å². The maximum atomic E-state index is 12.5. The Morgan fingerprint density at radius 2 is 1.89 bits per heavy atom. The summed E-state index contributed by atoms with van der Waals surface area (Å²) < 4.78 is 0. The Bertz CT molecular complexity index is 586. The van der Waals surface area contributed by atoms with Crippen LogP contribution < -0.4 is 0 Å². The van der Waals surface area contributed by atoms with Crippen molar-refractivity contribution in [2.45, 2.75) is 25.7 Å². The molecule has 0 N–H and O–H groups in total. The number of carbonyl (C=O) groups is 1. The third kappa shape index (κ3) is 2.46. The third-order valence-corrected chi connectivity index (χ3v) is 3.97. The third-order valence-electron chi connectivity index (χ3n) is 3.97. The van der Waals surface area contributed by atoms with Gasteiger partial charge in [-0.05, 0) is 36.0 Å². The molecule has 0 aromatic heterocycles. The van der Waals surface area contributed by atoms with E-state index in [1.54, 1.807) is 0 Å². The Labute approximate surface area is 114 Å². The maximum Gasteiger partial charge on any atom is 0.166 e. The van der Waals surface area contributed by atoms with Crippen LogP contribution in [0.15, 0.2) is 54.6 Å². The topological polar surface area (TPSA) is 17.1 Å². The second-order valence-corrected chi connectivity index (χ2v) is 5.28. The van der Waals surface area contributed by atoms with Crippen molar-refractivity contribution in [3.63, 3.8) is 0 Å². The molecule has 19 heavy (non-hydrogen) atoms. The fraction of sp³-hybridized carbons (Fsp3) is 0.278. The predicted octanol–water partition coefficient (Wildman–Crippen LogP) is 4.24. The van der Waals surface area contributed by atoms with Gasteiger partial charge in [0.1, 0.15) is 0 Å². The van der Waals surface area contributed by atoms with E-state index >= 15 is 0 Å². The first-order chi connectivity index (χ1) is 9.29. The lowest BCUT2D eigenvalue weighted by Gasteiger charge is -2.03. The second-order valence-electron chi connectivity index (χ2n) is 5.28. The van der Waals surface area contributed by atoms with Gasteiger partial charge in [0.2, 0.25) is 0 Å². The molecule has 2 aromatic rings. The summed E-state index contributed by atoms with van der Waals surface area (Å²) in [7, 11) is 0. The van der Waals surface area contributed by atoms with Crippen LogP contribution >= 0.6 is 0 Å². The normalized spacial score (nSPS) is 21.1. The first-order valence-electron chi connectivity index (χ1n) is 6.97. The summed E-state index contributed by atoms with van der Waals surface area (Å²) in [5.41, 5.74) is 3.41. The van der Waals surface area contributed by atoms with Gasteiger partial charge in [-0.1, -0.05) is 55.5 Å². The summed E-state index contributed by atoms with van der Waals surface area (Å²) in [5.74, 6) is 0.928. The van der Waals surface area contributed by atoms with Crippen LogP contribution in [-0.2, 0) is 6.42 Å². The zero-order valence-corrected chi connectivity index (χ0v) is 11.2. The quantitative estimate of drug-likeness (QED) is 0.742. The number of ketones is 1. The van der Waals surface area contributed by atoms with Crippen LogP contribution in [0.3, 0.4) is 0 Å². The Balaban J connectivity index is 1.76. The van der Waals surface area contributed by atoms with Gasteiger partial charge in [-0.15, -0.1) is 0 Å². The second kappa shape index (κ2) is 5.00. The van der Waals surface area contributed by atoms with E-state index in [2.05, 4.69) is 25.1 Å². The molecule has 1 fully saturated rings. The number of carbonyl (C=O) groups excluding carboxylic acids is 1. The van der Waals surface area contributed by atoms with Gasteiger partial charge in [0.05, 0.1) is 0 Å². The molecule has 2 aromatic carbocycles. The fourth-order valence-electron chi connectivity index (χ4n) is 2.71. The van der Waals surface area contributed by atoms with Crippen LogP contribution in [0.25, 0.3) is 0 Å². The molecule has 0 heterocycles. The van der Waals surface area contributed by atoms with Crippen molar-refractivity contribution in [2.24, 2.45) is 5.92 Å². The summed E-state index contributed by atoms with van der Waals surface area (Å²) in [5, 5.41) is 0. The van der Waals surface area contributed by atoms with Crippen LogP contribution in [0.4, 0.5) is 0 Å². The standard InChI is InChI=1S/C18H18O/c1-2-13-7-6-10-15(11-13)18(19)17-12-16(17)14-8-4-3-5-9-14/h3-11,16-17H,2,12H2,1H3. The highest BCUT2D eigenvalue weighted by Gasteiger charge is 2.43. The van der Waals surface area contributed by atoms with Gasteiger partial charge in [-0.2, -0.15) is 0 Å². The first kappa shape index (κ1) is 12.2. The Morgan fingerprint density at radius 1 is 1.11 bits per heavy atom. The van der Waals surface area contributed by atoms with Crippen molar-refractivity contribution >= 4 is 5.78 Å². The average Bonchev–Trinajstić information content (AvgIpc) is 3.28.